The van der Waals surface area contributed by atoms with E-state index < -0.39 is 5.97 Å². The predicted octanol–water partition coefficient (Wildman–Crippen LogP) is 0.696. The summed E-state index contributed by atoms with van der Waals surface area (Å²) >= 11 is 1.41. The van der Waals surface area contributed by atoms with Crippen molar-refractivity contribution in [3.05, 3.63) is 16.1 Å². The van der Waals surface area contributed by atoms with Gasteiger partial charge in [0, 0.05) is 31.4 Å². The van der Waals surface area contributed by atoms with Crippen LogP contribution in [0.3, 0.4) is 0 Å². The molecule has 1 aromatic heterocycles. The number of carboxylic acids is 1. The molecule has 1 saturated heterocycles. The summed E-state index contributed by atoms with van der Waals surface area (Å²) in [6.07, 6.45) is 1.91. The van der Waals surface area contributed by atoms with Gasteiger partial charge < -0.3 is 15.2 Å². The Morgan fingerprint density at radius 3 is 2.95 bits per heavy atom. The monoisotopic (exact) mass is 299 g/mol. The van der Waals surface area contributed by atoms with E-state index in [4.69, 9.17) is 9.84 Å². The molecule has 7 heteroatoms. The molecule has 1 aliphatic heterocycles. The first-order chi connectivity index (χ1) is 9.75. The van der Waals surface area contributed by atoms with Crippen molar-refractivity contribution in [2.45, 2.75) is 12.8 Å². The molecule has 0 radical (unpaired) electrons. The van der Waals surface area contributed by atoms with Gasteiger partial charge in [0.2, 0.25) is 0 Å². The van der Waals surface area contributed by atoms with Gasteiger partial charge in [0.05, 0.1) is 18.2 Å². The average molecular weight is 299 g/mol. The van der Waals surface area contributed by atoms with Crippen LogP contribution >= 0.6 is 11.3 Å². The zero-order valence-electron chi connectivity index (χ0n) is 11.5. The number of rotatable bonds is 8. The van der Waals surface area contributed by atoms with Gasteiger partial charge in [-0.25, -0.2) is 9.78 Å². The molecule has 112 valence electrons. The summed E-state index contributed by atoms with van der Waals surface area (Å²) in [5.41, 5.74) is 0.150. The molecule has 0 atom stereocenters. The van der Waals surface area contributed by atoms with E-state index in [9.17, 15) is 4.79 Å². The van der Waals surface area contributed by atoms with Crippen LogP contribution in [-0.2, 0) is 11.2 Å². The number of nitrogens with zero attached hydrogens (tertiary/aromatic N) is 2. The number of ether oxygens (including phenoxy) is 1. The second-order valence-corrected chi connectivity index (χ2v) is 5.68. The van der Waals surface area contributed by atoms with Crippen molar-refractivity contribution in [1.29, 1.82) is 0 Å². The minimum Gasteiger partial charge on any atom is -0.476 e. The zero-order chi connectivity index (χ0) is 14.2. The fraction of sp³-hybridized carbons (Fsp3) is 0.692. The van der Waals surface area contributed by atoms with Crippen LogP contribution in [-0.4, -0.2) is 66.9 Å². The maximum absolute atomic E-state index is 10.7. The first kappa shape index (κ1) is 15.4. The molecule has 1 fully saturated rings. The van der Waals surface area contributed by atoms with E-state index in [1.165, 1.54) is 11.3 Å². The van der Waals surface area contributed by atoms with Crippen molar-refractivity contribution in [2.24, 2.45) is 0 Å². The summed E-state index contributed by atoms with van der Waals surface area (Å²) in [6, 6.07) is 0. The van der Waals surface area contributed by atoms with Gasteiger partial charge in [0.15, 0.2) is 5.69 Å². The Labute approximate surface area is 122 Å². The Balaban J connectivity index is 1.51. The van der Waals surface area contributed by atoms with Crippen LogP contribution in [0, 0.1) is 0 Å². The van der Waals surface area contributed by atoms with Crippen molar-refractivity contribution in [3.8, 4) is 0 Å². The molecule has 0 aliphatic carbocycles. The third-order valence-corrected chi connectivity index (χ3v) is 4.13. The maximum Gasteiger partial charge on any atom is 0.355 e. The van der Waals surface area contributed by atoms with Gasteiger partial charge in [0.1, 0.15) is 0 Å². The van der Waals surface area contributed by atoms with Crippen LogP contribution in [0.15, 0.2) is 5.38 Å². The molecule has 0 unspecified atom stereocenters. The summed E-state index contributed by atoms with van der Waals surface area (Å²) in [4.78, 5) is 17.2. The number of carbonyl (C=O) groups is 1. The molecule has 6 nitrogen and oxygen atoms in total. The Bertz CT molecular complexity index is 419. The largest absolute Gasteiger partial charge is 0.476 e. The van der Waals surface area contributed by atoms with E-state index >= 15 is 0 Å². The van der Waals surface area contributed by atoms with Gasteiger partial charge in [-0.3, -0.25) is 4.90 Å². The van der Waals surface area contributed by atoms with Crippen LogP contribution in [0.1, 0.15) is 21.9 Å². The van der Waals surface area contributed by atoms with Crippen LogP contribution in [0.2, 0.25) is 0 Å². The fourth-order valence-corrected chi connectivity index (χ4v) is 2.87. The third kappa shape index (κ3) is 5.16. The zero-order valence-corrected chi connectivity index (χ0v) is 12.3. The quantitative estimate of drug-likeness (QED) is 0.688. The highest BCUT2D eigenvalue weighted by molar-refractivity contribution is 7.09. The topological polar surface area (TPSA) is 74.7 Å². The number of nitrogens with one attached hydrogen (secondary N) is 1. The molecule has 2 rings (SSSR count). The molecular formula is C13H21N3O3S. The molecule has 1 aliphatic rings. The molecule has 20 heavy (non-hydrogen) atoms. The van der Waals surface area contributed by atoms with E-state index in [0.717, 1.165) is 63.8 Å². The van der Waals surface area contributed by atoms with Crippen LogP contribution in [0.4, 0.5) is 0 Å². The number of thiazole rings is 1. The van der Waals surface area contributed by atoms with Crippen molar-refractivity contribution in [3.63, 3.8) is 0 Å². The lowest BCUT2D eigenvalue weighted by atomic mass is 10.3. The van der Waals surface area contributed by atoms with Gasteiger partial charge >= 0.3 is 5.97 Å². The molecular weight excluding hydrogens is 278 g/mol. The summed E-state index contributed by atoms with van der Waals surface area (Å²) in [7, 11) is 0. The van der Waals surface area contributed by atoms with Crippen molar-refractivity contribution in [1.82, 2.24) is 15.2 Å². The van der Waals surface area contributed by atoms with E-state index in [1.54, 1.807) is 5.38 Å². The first-order valence-corrected chi connectivity index (χ1v) is 7.82. The third-order valence-electron chi connectivity index (χ3n) is 3.22. The summed E-state index contributed by atoms with van der Waals surface area (Å²) in [6.45, 7) is 6.71. The molecule has 2 heterocycles. The van der Waals surface area contributed by atoms with Gasteiger partial charge in [-0.15, -0.1) is 11.3 Å². The highest BCUT2D eigenvalue weighted by atomic mass is 32.1. The van der Waals surface area contributed by atoms with Gasteiger partial charge in [0.25, 0.3) is 0 Å². The normalized spacial score (nSPS) is 16.4. The van der Waals surface area contributed by atoms with E-state index in [2.05, 4.69) is 15.2 Å². The van der Waals surface area contributed by atoms with Crippen molar-refractivity contribution < 1.29 is 14.6 Å². The SMILES string of the molecule is O=C(O)c1csc(CCNCCCN2CCOCC2)n1. The second kappa shape index (κ2) is 8.31. The summed E-state index contributed by atoms with van der Waals surface area (Å²) in [5.74, 6) is -0.953. The number of hydrogen-bond donors (Lipinski definition) is 2. The first-order valence-electron chi connectivity index (χ1n) is 6.94. The molecule has 0 bridgehead atoms. The average Bonchev–Trinajstić information content (AvgIpc) is 2.93. The summed E-state index contributed by atoms with van der Waals surface area (Å²) in [5, 5.41) is 14.6. The van der Waals surface area contributed by atoms with E-state index in [-0.39, 0.29) is 5.69 Å². The molecule has 0 saturated carbocycles. The van der Waals surface area contributed by atoms with Gasteiger partial charge in [-0.05, 0) is 19.5 Å². The maximum atomic E-state index is 10.7. The number of carboxylic acid groups (broad SMARTS) is 1. The molecule has 2 N–H and O–H groups in total. The Hall–Kier alpha value is -1.02. The lowest BCUT2D eigenvalue weighted by Crippen LogP contribution is -2.37. The summed E-state index contributed by atoms with van der Waals surface area (Å²) < 4.78 is 5.31. The smallest absolute Gasteiger partial charge is 0.355 e. The number of morpholine rings is 1. The number of aromatic carboxylic acids is 1. The minimum absolute atomic E-state index is 0.150. The number of aromatic nitrogens is 1. The van der Waals surface area contributed by atoms with Gasteiger partial charge in [-0.1, -0.05) is 0 Å². The Morgan fingerprint density at radius 2 is 2.25 bits per heavy atom. The standard InChI is InChI=1S/C13H21N3O3S/c17-13(18)11-10-20-12(15-11)2-4-14-3-1-5-16-6-8-19-9-7-16/h10,14H,1-9H2,(H,17,18). The molecule has 0 spiro atoms. The van der Waals surface area contributed by atoms with Crippen molar-refractivity contribution >= 4 is 17.3 Å². The van der Waals surface area contributed by atoms with Crippen LogP contribution < -0.4 is 5.32 Å². The molecule has 1 aromatic rings. The Kier molecular flexibility index (Phi) is 6.38. The molecule has 0 aromatic carbocycles. The lowest BCUT2D eigenvalue weighted by molar-refractivity contribution is 0.0374. The predicted molar refractivity (Wildman–Crippen MR) is 77.5 cm³/mol. The van der Waals surface area contributed by atoms with Crippen LogP contribution in [0.25, 0.3) is 0 Å². The fourth-order valence-electron chi connectivity index (χ4n) is 2.10. The Morgan fingerprint density at radius 1 is 1.45 bits per heavy atom. The lowest BCUT2D eigenvalue weighted by Gasteiger charge is -2.26. The number of hydrogen-bond acceptors (Lipinski definition) is 6. The van der Waals surface area contributed by atoms with Gasteiger partial charge in [-0.2, -0.15) is 0 Å². The highest BCUT2D eigenvalue weighted by Gasteiger charge is 2.09. The highest BCUT2D eigenvalue weighted by Crippen LogP contribution is 2.09. The molecule has 0 amide bonds. The minimum atomic E-state index is -0.953. The van der Waals surface area contributed by atoms with Crippen LogP contribution in [0.5, 0.6) is 0 Å². The van der Waals surface area contributed by atoms with E-state index in [1.807, 2.05) is 0 Å². The van der Waals surface area contributed by atoms with E-state index in [0.29, 0.717) is 0 Å². The second-order valence-electron chi connectivity index (χ2n) is 4.74. The van der Waals surface area contributed by atoms with Crippen molar-refractivity contribution in [2.75, 3.05) is 45.9 Å².